The smallest absolute Gasteiger partial charge is 0.748 e. The van der Waals surface area contributed by atoms with Gasteiger partial charge in [0.25, 0.3) is 0 Å². The summed E-state index contributed by atoms with van der Waals surface area (Å²) in [6, 6.07) is 0. The Morgan fingerprint density at radius 3 is 1.48 bits per heavy atom. The molecule has 0 aromatic heterocycles. The Morgan fingerprint density at radius 1 is 0.667 bits per heavy atom. The molecule has 1 N–H and O–H groups in total. The van der Waals surface area contributed by atoms with Crippen molar-refractivity contribution < 1.29 is 47.6 Å². The van der Waals surface area contributed by atoms with Crippen molar-refractivity contribution in [1.29, 1.82) is 0 Å². The predicted molar refractivity (Wildman–Crippen MR) is 109 cm³/mol. The van der Waals surface area contributed by atoms with E-state index in [9.17, 15) is 18.1 Å². The van der Waals surface area contributed by atoms with Crippen molar-refractivity contribution in [3.63, 3.8) is 0 Å². The van der Waals surface area contributed by atoms with Crippen LogP contribution in [0, 0.1) is 0 Å². The van der Waals surface area contributed by atoms with Gasteiger partial charge in [-0.3, -0.25) is 0 Å². The summed E-state index contributed by atoms with van der Waals surface area (Å²) in [5.74, 6) is 0. The maximum Gasteiger partial charge on any atom is 1.00 e. The monoisotopic (exact) mass is 414 g/mol. The predicted octanol–water partition coefficient (Wildman–Crippen LogP) is 2.94. The van der Waals surface area contributed by atoms with E-state index in [2.05, 4.69) is 6.92 Å². The van der Waals surface area contributed by atoms with E-state index < -0.39 is 15.4 Å². The number of rotatable bonds is 19. The number of aliphatic hydroxyl groups excluding tert-OH is 1. The zero-order valence-electron chi connectivity index (χ0n) is 18.3. The third-order valence-corrected chi connectivity index (χ3v) is 6.53. The van der Waals surface area contributed by atoms with E-state index in [1.165, 1.54) is 25.7 Å². The van der Waals surface area contributed by atoms with Gasteiger partial charge < -0.3 is 9.66 Å². The summed E-state index contributed by atoms with van der Waals surface area (Å²) in [6.45, 7) is 4.23. The van der Waals surface area contributed by atoms with Crippen molar-refractivity contribution in [3.8, 4) is 0 Å². The van der Waals surface area contributed by atoms with E-state index in [-0.39, 0.29) is 35.7 Å². The Balaban J connectivity index is 0. The molecule has 0 aliphatic rings. The largest absolute Gasteiger partial charge is 1.00 e. The van der Waals surface area contributed by atoms with Crippen LogP contribution >= 0.6 is 0 Å². The molecule has 0 radical (unpaired) electrons. The fourth-order valence-corrected chi connectivity index (χ4v) is 4.36. The Morgan fingerprint density at radius 2 is 1.04 bits per heavy atom. The quantitative estimate of drug-likeness (QED) is 0.200. The number of hydrogen-bond acceptors (Lipinski definition) is 4. The number of hydrogen-bond donors (Lipinski definition) is 1. The molecule has 4 nitrogen and oxygen atoms in total. The second-order valence-electron chi connectivity index (χ2n) is 7.81. The molecule has 0 aromatic rings. The van der Waals surface area contributed by atoms with Gasteiger partial charge >= 0.3 is 29.6 Å². The Labute approximate surface area is 191 Å². The van der Waals surface area contributed by atoms with E-state index >= 15 is 0 Å². The van der Waals surface area contributed by atoms with Crippen molar-refractivity contribution >= 4 is 10.1 Å². The van der Waals surface area contributed by atoms with Gasteiger partial charge in [-0.1, -0.05) is 97.3 Å². The van der Waals surface area contributed by atoms with Gasteiger partial charge in [0.1, 0.15) is 0 Å². The Bertz CT molecular complexity index is 401. The molecule has 27 heavy (non-hydrogen) atoms. The minimum Gasteiger partial charge on any atom is -0.748 e. The van der Waals surface area contributed by atoms with Gasteiger partial charge in [0, 0.05) is 5.25 Å². The van der Waals surface area contributed by atoms with Crippen LogP contribution in [0.2, 0.25) is 0 Å². The third-order valence-electron chi connectivity index (χ3n) is 5.24. The fraction of sp³-hybridized carbons (Fsp3) is 1.00. The maximum absolute atomic E-state index is 11.3. The fourth-order valence-electron chi connectivity index (χ4n) is 3.45. The first-order valence-corrected chi connectivity index (χ1v) is 12.5. The van der Waals surface area contributed by atoms with Crippen molar-refractivity contribution in [1.82, 2.24) is 0 Å². The van der Waals surface area contributed by atoms with E-state index in [4.69, 9.17) is 0 Å². The van der Waals surface area contributed by atoms with Crippen LogP contribution in [-0.4, -0.2) is 29.4 Å². The van der Waals surface area contributed by atoms with Crippen molar-refractivity contribution in [2.24, 2.45) is 0 Å². The van der Waals surface area contributed by atoms with Crippen molar-refractivity contribution in [3.05, 3.63) is 0 Å². The molecule has 0 fully saturated rings. The average Bonchev–Trinajstić information content (AvgIpc) is 2.58. The molecule has 0 aliphatic carbocycles. The molecule has 2 atom stereocenters. The molecule has 0 spiro atoms. The van der Waals surface area contributed by atoms with Gasteiger partial charge in [-0.2, -0.15) is 0 Å². The molecule has 0 aromatic carbocycles. The summed E-state index contributed by atoms with van der Waals surface area (Å²) in [6.07, 6.45) is 17.0. The van der Waals surface area contributed by atoms with Crippen LogP contribution < -0.4 is 29.6 Å². The van der Waals surface area contributed by atoms with Gasteiger partial charge in [-0.05, 0) is 25.7 Å². The first-order valence-electron chi connectivity index (χ1n) is 11.0. The average molecular weight is 415 g/mol. The first kappa shape index (κ1) is 30.1. The molecule has 0 bridgehead atoms. The summed E-state index contributed by atoms with van der Waals surface area (Å²) >= 11 is 0. The first-order chi connectivity index (χ1) is 12.4. The van der Waals surface area contributed by atoms with Crippen LogP contribution in [0.4, 0.5) is 0 Å². The number of aliphatic hydroxyl groups is 1. The van der Waals surface area contributed by atoms with Gasteiger partial charge in [0.05, 0.1) is 16.2 Å². The molecule has 6 heteroatoms. The molecule has 0 aliphatic heterocycles. The summed E-state index contributed by atoms with van der Waals surface area (Å²) in [7, 11) is -4.14. The maximum atomic E-state index is 11.3. The van der Waals surface area contributed by atoms with Gasteiger partial charge in [0.15, 0.2) is 0 Å². The van der Waals surface area contributed by atoms with Gasteiger partial charge in [-0.25, -0.2) is 8.42 Å². The molecule has 0 saturated heterocycles. The molecular formula is C21H43NaO4S. The van der Waals surface area contributed by atoms with Crippen LogP contribution in [0.15, 0.2) is 0 Å². The van der Waals surface area contributed by atoms with Crippen molar-refractivity contribution in [2.75, 3.05) is 0 Å². The molecule has 0 amide bonds. The third kappa shape index (κ3) is 19.9. The van der Waals surface area contributed by atoms with E-state index in [0.29, 0.717) is 12.8 Å². The second-order valence-corrected chi connectivity index (χ2v) is 9.46. The van der Waals surface area contributed by atoms with Crippen molar-refractivity contribution in [2.45, 2.75) is 134 Å². The summed E-state index contributed by atoms with van der Waals surface area (Å²) in [4.78, 5) is 0. The molecule has 0 heterocycles. The summed E-state index contributed by atoms with van der Waals surface area (Å²) < 4.78 is 33.8. The number of unbranched alkanes of at least 4 members (excludes halogenated alkanes) is 10. The second kappa shape index (κ2) is 20.2. The topological polar surface area (TPSA) is 77.4 Å². The zero-order chi connectivity index (χ0) is 19.7. The van der Waals surface area contributed by atoms with Crippen LogP contribution in [-0.2, 0) is 10.1 Å². The molecule has 158 valence electrons. The van der Waals surface area contributed by atoms with Crippen LogP contribution in [0.3, 0.4) is 0 Å². The molecule has 0 saturated carbocycles. The minimum absolute atomic E-state index is 0. The Kier molecular flexibility index (Phi) is 22.4. The van der Waals surface area contributed by atoms with Gasteiger partial charge in [0.2, 0.25) is 0 Å². The normalized spacial score (nSPS) is 13.9. The van der Waals surface area contributed by atoms with Gasteiger partial charge in [-0.15, -0.1) is 0 Å². The van der Waals surface area contributed by atoms with E-state index in [1.807, 2.05) is 6.92 Å². The molecule has 0 rings (SSSR count). The molecular weight excluding hydrogens is 371 g/mol. The van der Waals surface area contributed by atoms with Crippen LogP contribution in [0.25, 0.3) is 0 Å². The SMILES string of the molecule is CCCCCCCC(O)CCCCCCCCC(CCCC)S(=O)(=O)[O-].[Na+]. The Hall–Kier alpha value is 0.870. The zero-order valence-corrected chi connectivity index (χ0v) is 21.1. The van der Waals surface area contributed by atoms with E-state index in [0.717, 1.165) is 70.6 Å². The van der Waals surface area contributed by atoms with Crippen LogP contribution in [0.5, 0.6) is 0 Å². The van der Waals surface area contributed by atoms with Crippen LogP contribution in [0.1, 0.15) is 123 Å². The summed E-state index contributed by atoms with van der Waals surface area (Å²) in [5, 5.41) is 9.28. The molecule has 2 unspecified atom stereocenters. The van der Waals surface area contributed by atoms with E-state index in [1.54, 1.807) is 0 Å². The standard InChI is InChI=1S/C21H44O4S.Na/c1-3-5-7-10-13-16-20(22)17-14-11-8-9-12-15-19-21(18-6-4-2)26(23,24)25;/h20-22H,3-19H2,1-2H3,(H,23,24,25);/q;+1/p-1. The summed E-state index contributed by atoms with van der Waals surface area (Å²) in [5.41, 5.74) is 0. The minimum atomic E-state index is -4.14.